The summed E-state index contributed by atoms with van der Waals surface area (Å²) in [6.45, 7) is 11.5. The molecule has 2 rings (SSSR count). The molecular weight excluding hydrogens is 358 g/mol. The maximum absolute atomic E-state index is 12.3. The number of ether oxygens (including phenoxy) is 1. The molecule has 0 radical (unpaired) electrons. The molecule has 0 atom stereocenters. The molecule has 6 heteroatoms. The fraction of sp³-hybridized carbons (Fsp3) is 0.476. The van der Waals surface area contributed by atoms with Gasteiger partial charge in [0.25, 0.3) is 0 Å². The van der Waals surface area contributed by atoms with E-state index in [1.54, 1.807) is 17.4 Å². The van der Waals surface area contributed by atoms with Crippen molar-refractivity contribution in [3.05, 3.63) is 44.7 Å². The second-order valence-electron chi connectivity index (χ2n) is 6.99. The summed E-state index contributed by atoms with van der Waals surface area (Å²) in [6.07, 6.45) is 3.56. The molecule has 0 spiro atoms. The molecule has 0 amide bonds. The molecule has 144 valence electrons. The molecule has 5 nitrogen and oxygen atoms in total. The fourth-order valence-electron chi connectivity index (χ4n) is 2.79. The summed E-state index contributed by atoms with van der Waals surface area (Å²) in [7, 11) is 0. The number of aryl methyl sites for hydroxylation is 2. The van der Waals surface area contributed by atoms with E-state index < -0.39 is 5.97 Å². The number of hydrogen-bond donors (Lipinski definition) is 0. The molecule has 2 aromatic rings. The van der Waals surface area contributed by atoms with Crippen LogP contribution in [0.5, 0.6) is 0 Å². The SMILES string of the molecule is CCc1nc(COC(=O)/C(C#N)=C/c2cc(C)n(CCC(C)C)c2C)cs1. The lowest BCUT2D eigenvalue weighted by molar-refractivity contribution is -0.139. The molecule has 0 bridgehead atoms. The van der Waals surface area contributed by atoms with Crippen molar-refractivity contribution < 1.29 is 9.53 Å². The van der Waals surface area contributed by atoms with Crippen LogP contribution in [0, 0.1) is 31.1 Å². The van der Waals surface area contributed by atoms with Crippen molar-refractivity contribution in [1.82, 2.24) is 9.55 Å². The topological polar surface area (TPSA) is 67.9 Å². The van der Waals surface area contributed by atoms with Gasteiger partial charge in [-0.3, -0.25) is 0 Å². The normalized spacial score (nSPS) is 11.7. The van der Waals surface area contributed by atoms with Crippen LogP contribution >= 0.6 is 11.3 Å². The Morgan fingerprint density at radius 2 is 2.19 bits per heavy atom. The molecule has 2 heterocycles. The molecule has 0 aliphatic rings. The van der Waals surface area contributed by atoms with Gasteiger partial charge in [0.1, 0.15) is 18.2 Å². The first-order valence-corrected chi connectivity index (χ1v) is 10.1. The zero-order chi connectivity index (χ0) is 20.0. The number of aromatic nitrogens is 2. The molecule has 0 aromatic carbocycles. The number of carbonyl (C=O) groups is 1. The van der Waals surface area contributed by atoms with Crippen LogP contribution in [0.4, 0.5) is 0 Å². The number of carbonyl (C=O) groups excluding carboxylic acids is 1. The molecule has 0 N–H and O–H groups in total. The Kier molecular flexibility index (Phi) is 7.37. The summed E-state index contributed by atoms with van der Waals surface area (Å²) in [6, 6.07) is 3.98. The van der Waals surface area contributed by atoms with Crippen LogP contribution in [-0.4, -0.2) is 15.5 Å². The van der Waals surface area contributed by atoms with Crippen LogP contribution in [0.2, 0.25) is 0 Å². The molecule has 27 heavy (non-hydrogen) atoms. The second kappa shape index (κ2) is 9.52. The summed E-state index contributed by atoms with van der Waals surface area (Å²) >= 11 is 1.55. The summed E-state index contributed by atoms with van der Waals surface area (Å²) in [5.74, 6) is 0.00399. The van der Waals surface area contributed by atoms with Crippen molar-refractivity contribution in [2.24, 2.45) is 5.92 Å². The van der Waals surface area contributed by atoms with Gasteiger partial charge in [0.05, 0.1) is 10.7 Å². The first-order valence-electron chi connectivity index (χ1n) is 9.24. The molecule has 2 aromatic heterocycles. The van der Waals surface area contributed by atoms with Crippen molar-refractivity contribution in [1.29, 1.82) is 5.26 Å². The number of hydrogen-bond acceptors (Lipinski definition) is 5. The van der Waals surface area contributed by atoms with Gasteiger partial charge in [-0.05, 0) is 50.3 Å². The quantitative estimate of drug-likeness (QED) is 0.371. The molecule has 0 saturated heterocycles. The Morgan fingerprint density at radius 3 is 2.78 bits per heavy atom. The van der Waals surface area contributed by atoms with Crippen LogP contribution in [-0.2, 0) is 29.1 Å². The lowest BCUT2D eigenvalue weighted by Crippen LogP contribution is -2.07. The standard InChI is InChI=1S/C21H27N3O2S/c1-6-20-23-19(13-27-20)12-26-21(25)18(11-22)10-17-9-15(4)24(16(17)5)8-7-14(2)3/h9-10,13-14H,6-8,12H2,1-5H3/b18-10+. The molecule has 0 aliphatic heterocycles. The smallest absolute Gasteiger partial charge is 0.349 e. The van der Waals surface area contributed by atoms with Gasteiger partial charge in [-0.1, -0.05) is 20.8 Å². The minimum Gasteiger partial charge on any atom is -0.455 e. The van der Waals surface area contributed by atoms with Gasteiger partial charge in [-0.2, -0.15) is 5.26 Å². The maximum Gasteiger partial charge on any atom is 0.349 e. The van der Waals surface area contributed by atoms with E-state index in [2.05, 4.69) is 23.4 Å². The van der Waals surface area contributed by atoms with E-state index in [4.69, 9.17) is 4.74 Å². The molecular formula is C21H27N3O2S. The number of esters is 1. The third-order valence-corrected chi connectivity index (χ3v) is 5.48. The van der Waals surface area contributed by atoms with Gasteiger partial charge in [0, 0.05) is 23.3 Å². The maximum atomic E-state index is 12.3. The number of nitriles is 1. The highest BCUT2D eigenvalue weighted by Crippen LogP contribution is 2.20. The average Bonchev–Trinajstić information content (AvgIpc) is 3.20. The Bertz CT molecular complexity index is 869. The van der Waals surface area contributed by atoms with E-state index in [9.17, 15) is 10.1 Å². The van der Waals surface area contributed by atoms with Crippen LogP contribution in [0.3, 0.4) is 0 Å². The Labute approximate surface area is 165 Å². The van der Waals surface area contributed by atoms with Crippen molar-refractivity contribution in [2.45, 2.75) is 60.6 Å². The summed E-state index contributed by atoms with van der Waals surface area (Å²) in [4.78, 5) is 16.7. The van der Waals surface area contributed by atoms with E-state index in [1.165, 1.54) is 0 Å². The largest absolute Gasteiger partial charge is 0.455 e. The predicted molar refractivity (Wildman–Crippen MR) is 108 cm³/mol. The van der Waals surface area contributed by atoms with E-state index in [-0.39, 0.29) is 12.2 Å². The molecule has 0 aliphatic carbocycles. The third kappa shape index (κ3) is 5.54. The van der Waals surface area contributed by atoms with Crippen molar-refractivity contribution in [3.63, 3.8) is 0 Å². The van der Waals surface area contributed by atoms with Gasteiger partial charge in [0.15, 0.2) is 0 Å². The minimum atomic E-state index is -0.615. The monoisotopic (exact) mass is 385 g/mol. The van der Waals surface area contributed by atoms with Crippen molar-refractivity contribution in [2.75, 3.05) is 0 Å². The lowest BCUT2D eigenvalue weighted by Gasteiger charge is -2.11. The highest BCUT2D eigenvalue weighted by atomic mass is 32.1. The lowest BCUT2D eigenvalue weighted by atomic mass is 10.1. The van der Waals surface area contributed by atoms with Gasteiger partial charge in [-0.25, -0.2) is 9.78 Å². The Morgan fingerprint density at radius 1 is 1.44 bits per heavy atom. The highest BCUT2D eigenvalue weighted by Gasteiger charge is 2.15. The minimum absolute atomic E-state index is 0.00468. The number of thiazole rings is 1. The van der Waals surface area contributed by atoms with E-state index >= 15 is 0 Å². The van der Waals surface area contributed by atoms with Crippen molar-refractivity contribution >= 4 is 23.4 Å². The Hall–Kier alpha value is -2.39. The van der Waals surface area contributed by atoms with Crippen LogP contribution in [0.1, 0.15) is 54.8 Å². The van der Waals surface area contributed by atoms with Gasteiger partial charge < -0.3 is 9.30 Å². The van der Waals surface area contributed by atoms with Crippen LogP contribution in [0.25, 0.3) is 6.08 Å². The van der Waals surface area contributed by atoms with E-state index in [0.717, 1.165) is 41.3 Å². The van der Waals surface area contributed by atoms with E-state index in [1.807, 2.05) is 38.3 Å². The van der Waals surface area contributed by atoms with Gasteiger partial charge >= 0.3 is 5.97 Å². The Balaban J connectivity index is 2.11. The molecule has 0 unspecified atom stereocenters. The zero-order valence-corrected chi connectivity index (χ0v) is 17.5. The van der Waals surface area contributed by atoms with Crippen molar-refractivity contribution in [3.8, 4) is 6.07 Å². The average molecular weight is 386 g/mol. The molecule has 0 fully saturated rings. The number of nitrogens with zero attached hydrogens (tertiary/aromatic N) is 3. The highest BCUT2D eigenvalue weighted by molar-refractivity contribution is 7.09. The predicted octanol–water partition coefficient (Wildman–Crippen LogP) is 4.82. The third-order valence-electron chi connectivity index (χ3n) is 4.44. The summed E-state index contributed by atoms with van der Waals surface area (Å²) in [5.41, 5.74) is 3.78. The second-order valence-corrected chi connectivity index (χ2v) is 7.94. The van der Waals surface area contributed by atoms with Crippen LogP contribution < -0.4 is 0 Å². The van der Waals surface area contributed by atoms with Gasteiger partial charge in [0.2, 0.25) is 0 Å². The summed E-state index contributed by atoms with van der Waals surface area (Å²) < 4.78 is 7.50. The summed E-state index contributed by atoms with van der Waals surface area (Å²) in [5, 5.41) is 12.3. The fourth-order valence-corrected chi connectivity index (χ4v) is 3.52. The number of rotatable bonds is 8. The van der Waals surface area contributed by atoms with E-state index in [0.29, 0.717) is 11.6 Å². The first kappa shape index (κ1) is 20.9. The zero-order valence-electron chi connectivity index (χ0n) is 16.7. The van der Waals surface area contributed by atoms with Gasteiger partial charge in [-0.15, -0.1) is 11.3 Å². The first-order chi connectivity index (χ1) is 12.8. The van der Waals surface area contributed by atoms with Crippen LogP contribution in [0.15, 0.2) is 17.0 Å². The molecule has 0 saturated carbocycles.